The Labute approximate surface area is 175 Å². The maximum absolute atomic E-state index is 12.1. The zero-order valence-corrected chi connectivity index (χ0v) is 19.4. The van der Waals surface area contributed by atoms with E-state index < -0.39 is 0 Å². The third-order valence-corrected chi connectivity index (χ3v) is 5.76. The largest absolute Gasteiger partial charge is 0.309 e. The van der Waals surface area contributed by atoms with Crippen molar-refractivity contribution in [3.8, 4) is 6.19 Å². The quantitative estimate of drug-likeness (QED) is 0.115. The van der Waals surface area contributed by atoms with Crippen LogP contribution in [0.3, 0.4) is 0 Å². The topological polar surface area (TPSA) is 52.9 Å². The average Bonchev–Trinajstić information content (AvgIpc) is 2.68. The highest BCUT2D eigenvalue weighted by Gasteiger charge is 2.28. The molecular formula is C24H48N3O+. The molecule has 1 N–H and O–H groups in total. The minimum absolute atomic E-state index is 0.0861. The molecule has 0 bridgehead atoms. The van der Waals surface area contributed by atoms with E-state index in [1.165, 1.54) is 83.5 Å². The van der Waals surface area contributed by atoms with Crippen molar-refractivity contribution in [1.29, 1.82) is 5.26 Å². The molecule has 0 aliphatic carbocycles. The van der Waals surface area contributed by atoms with Crippen LogP contribution >= 0.6 is 0 Å². The van der Waals surface area contributed by atoms with Crippen molar-refractivity contribution in [3.05, 3.63) is 0 Å². The number of amides is 1. The summed E-state index contributed by atoms with van der Waals surface area (Å²) in [5, 5.41) is 12.2. The zero-order valence-electron chi connectivity index (χ0n) is 19.4. The van der Waals surface area contributed by atoms with Crippen LogP contribution in [-0.4, -0.2) is 30.7 Å². The molecule has 0 saturated heterocycles. The van der Waals surface area contributed by atoms with E-state index in [4.69, 9.17) is 0 Å². The highest BCUT2D eigenvalue weighted by atomic mass is 16.1. The number of nitriles is 1. The average molecular weight is 395 g/mol. The van der Waals surface area contributed by atoms with E-state index in [0.29, 0.717) is 6.42 Å². The third kappa shape index (κ3) is 14.9. The molecule has 0 aromatic rings. The molecule has 0 aliphatic heterocycles. The van der Waals surface area contributed by atoms with Crippen LogP contribution in [0.15, 0.2) is 0 Å². The smallest absolute Gasteiger partial charge is 0.306 e. The molecule has 0 aromatic carbocycles. The van der Waals surface area contributed by atoms with Gasteiger partial charge in [0.25, 0.3) is 0 Å². The summed E-state index contributed by atoms with van der Waals surface area (Å²) >= 11 is 0. The molecule has 0 spiro atoms. The van der Waals surface area contributed by atoms with Crippen molar-refractivity contribution in [3.63, 3.8) is 0 Å². The molecule has 0 rings (SSSR count). The van der Waals surface area contributed by atoms with Crippen LogP contribution in [0.5, 0.6) is 0 Å². The van der Waals surface area contributed by atoms with Crippen molar-refractivity contribution < 1.29 is 9.28 Å². The Morgan fingerprint density at radius 2 is 1.18 bits per heavy atom. The molecule has 1 unspecified atom stereocenters. The molecular weight excluding hydrogens is 346 g/mol. The monoisotopic (exact) mass is 394 g/mol. The summed E-state index contributed by atoms with van der Waals surface area (Å²) in [7, 11) is 3.67. The summed E-state index contributed by atoms with van der Waals surface area (Å²) in [6.45, 7) is 4.28. The molecule has 0 aromatic heterocycles. The van der Waals surface area contributed by atoms with E-state index >= 15 is 0 Å². The van der Waals surface area contributed by atoms with Crippen molar-refractivity contribution in [2.75, 3.05) is 14.1 Å². The van der Waals surface area contributed by atoms with Gasteiger partial charge in [0.15, 0.2) is 6.17 Å². The van der Waals surface area contributed by atoms with Gasteiger partial charge in [-0.1, -0.05) is 104 Å². The molecule has 28 heavy (non-hydrogen) atoms. The van der Waals surface area contributed by atoms with Gasteiger partial charge in [0.05, 0.1) is 14.1 Å². The van der Waals surface area contributed by atoms with E-state index in [2.05, 4.69) is 18.4 Å². The van der Waals surface area contributed by atoms with Gasteiger partial charge in [-0.15, -0.1) is 5.26 Å². The number of carbonyl (C=O) groups excluding carboxylic acids is 1. The predicted octanol–water partition coefficient (Wildman–Crippen LogP) is 6.66. The fourth-order valence-corrected chi connectivity index (χ4v) is 3.70. The lowest BCUT2D eigenvalue weighted by Gasteiger charge is -2.29. The Morgan fingerprint density at radius 3 is 1.54 bits per heavy atom. The minimum Gasteiger partial charge on any atom is -0.306 e. The molecule has 0 fully saturated rings. The number of nitrogens with zero attached hydrogens (tertiary/aromatic N) is 2. The SMILES string of the molecule is CCCCCCCCCCCCCCCCCC(=O)NC(CC)[N+](C)(C)C#N. The number of nitrogens with one attached hydrogen (secondary N) is 1. The number of hydrogen-bond donors (Lipinski definition) is 1. The minimum atomic E-state index is -0.117. The first-order valence-corrected chi connectivity index (χ1v) is 12.0. The second-order valence-electron chi connectivity index (χ2n) is 8.83. The van der Waals surface area contributed by atoms with Crippen LogP contribution in [0.1, 0.15) is 123 Å². The van der Waals surface area contributed by atoms with Gasteiger partial charge >= 0.3 is 6.19 Å². The Morgan fingerprint density at radius 1 is 0.786 bits per heavy atom. The van der Waals surface area contributed by atoms with Crippen LogP contribution in [-0.2, 0) is 4.79 Å². The molecule has 4 heteroatoms. The Balaban J connectivity index is 3.43. The van der Waals surface area contributed by atoms with Crippen molar-refractivity contribution in [2.24, 2.45) is 0 Å². The zero-order chi connectivity index (χ0) is 21.1. The third-order valence-electron chi connectivity index (χ3n) is 5.76. The highest BCUT2D eigenvalue weighted by Crippen LogP contribution is 2.14. The summed E-state index contributed by atoms with van der Waals surface area (Å²) in [5.41, 5.74) is 0. The molecule has 164 valence electrons. The van der Waals surface area contributed by atoms with E-state index in [-0.39, 0.29) is 16.6 Å². The first-order chi connectivity index (χ1) is 13.5. The summed E-state index contributed by atoms with van der Waals surface area (Å²) in [6.07, 6.45) is 23.5. The lowest BCUT2D eigenvalue weighted by molar-refractivity contribution is -0.854. The van der Waals surface area contributed by atoms with E-state index in [1.54, 1.807) is 0 Å². The fraction of sp³-hybridized carbons (Fsp3) is 0.917. The van der Waals surface area contributed by atoms with E-state index in [9.17, 15) is 10.1 Å². The standard InChI is InChI=1S/C24H47N3O/c1-5-7-8-9-10-11-12-13-14-15-16-17-18-19-20-21-24(28)26-23(6-2)27(3,4)22-25/h23H,5-21H2,1-4H3/p+1. The number of unbranched alkanes of at least 4 members (excludes halogenated alkanes) is 14. The maximum Gasteiger partial charge on any atom is 0.309 e. The second-order valence-corrected chi connectivity index (χ2v) is 8.83. The summed E-state index contributed by atoms with van der Waals surface area (Å²) in [6, 6.07) is 0. The van der Waals surface area contributed by atoms with Gasteiger partial charge in [-0.2, -0.15) is 0 Å². The van der Waals surface area contributed by atoms with E-state index in [0.717, 1.165) is 19.3 Å². The first kappa shape index (κ1) is 26.9. The molecule has 4 nitrogen and oxygen atoms in total. The first-order valence-electron chi connectivity index (χ1n) is 12.0. The summed E-state index contributed by atoms with van der Waals surface area (Å²) < 4.78 is 0.168. The van der Waals surface area contributed by atoms with Crippen LogP contribution < -0.4 is 5.32 Å². The Hall–Kier alpha value is -1.08. The van der Waals surface area contributed by atoms with Crippen molar-refractivity contribution in [2.45, 2.75) is 129 Å². The van der Waals surface area contributed by atoms with Gasteiger partial charge in [0, 0.05) is 12.8 Å². The Kier molecular flexibility index (Phi) is 17.3. The second kappa shape index (κ2) is 18.0. The van der Waals surface area contributed by atoms with Gasteiger partial charge in [-0.05, 0) is 6.42 Å². The summed E-state index contributed by atoms with van der Waals surface area (Å²) in [4.78, 5) is 12.1. The summed E-state index contributed by atoms with van der Waals surface area (Å²) in [5.74, 6) is 0.0861. The van der Waals surface area contributed by atoms with E-state index in [1.807, 2.05) is 21.0 Å². The normalized spacial score (nSPS) is 12.5. The molecule has 0 heterocycles. The van der Waals surface area contributed by atoms with Crippen LogP contribution in [0, 0.1) is 11.5 Å². The van der Waals surface area contributed by atoms with Gasteiger partial charge in [0.1, 0.15) is 0 Å². The van der Waals surface area contributed by atoms with Gasteiger partial charge in [0.2, 0.25) is 5.91 Å². The van der Waals surface area contributed by atoms with Crippen LogP contribution in [0.2, 0.25) is 0 Å². The van der Waals surface area contributed by atoms with Crippen LogP contribution in [0.25, 0.3) is 0 Å². The van der Waals surface area contributed by atoms with Crippen molar-refractivity contribution in [1.82, 2.24) is 5.32 Å². The molecule has 0 aliphatic rings. The highest BCUT2D eigenvalue weighted by molar-refractivity contribution is 5.75. The lowest BCUT2D eigenvalue weighted by Crippen LogP contribution is -2.54. The lowest BCUT2D eigenvalue weighted by atomic mass is 10.0. The maximum atomic E-state index is 12.1. The van der Waals surface area contributed by atoms with Gasteiger partial charge in [-0.25, -0.2) is 4.48 Å². The van der Waals surface area contributed by atoms with Crippen molar-refractivity contribution >= 4 is 5.91 Å². The van der Waals surface area contributed by atoms with Gasteiger partial charge < -0.3 is 5.32 Å². The number of hydrogen-bond acceptors (Lipinski definition) is 2. The molecule has 0 saturated carbocycles. The number of carbonyl (C=O) groups is 1. The predicted molar refractivity (Wildman–Crippen MR) is 119 cm³/mol. The van der Waals surface area contributed by atoms with Gasteiger partial charge in [-0.3, -0.25) is 4.79 Å². The molecule has 1 amide bonds. The number of rotatable bonds is 19. The number of quaternary nitrogens is 1. The van der Waals surface area contributed by atoms with Crippen LogP contribution in [0.4, 0.5) is 0 Å². The molecule has 1 atom stereocenters. The fourth-order valence-electron chi connectivity index (χ4n) is 3.70. The molecule has 0 radical (unpaired) electrons. The Bertz CT molecular complexity index is 415.